The molecule has 20 heavy (non-hydrogen) atoms. The van der Waals surface area contributed by atoms with Gasteiger partial charge in [-0.2, -0.15) is 5.10 Å². The summed E-state index contributed by atoms with van der Waals surface area (Å²) in [6.45, 7) is 0. The second kappa shape index (κ2) is 7.85. The number of benzene rings is 1. The number of hydrogen-bond acceptors (Lipinski definition) is 4. The summed E-state index contributed by atoms with van der Waals surface area (Å²) in [7, 11) is 0. The Bertz CT molecular complexity index is 531. The van der Waals surface area contributed by atoms with Crippen molar-refractivity contribution in [2.45, 2.75) is 12.8 Å². The van der Waals surface area contributed by atoms with Crippen LogP contribution >= 0.6 is 12.2 Å². The molecule has 0 radical (unpaired) electrons. The number of hydrogen-bond donors (Lipinski definition) is 4. The van der Waals surface area contributed by atoms with Crippen LogP contribution in [0.3, 0.4) is 0 Å². The van der Waals surface area contributed by atoms with Crippen LogP contribution < -0.4 is 10.7 Å². The lowest BCUT2D eigenvalue weighted by molar-refractivity contribution is -0.136. The van der Waals surface area contributed by atoms with Gasteiger partial charge in [-0.1, -0.05) is 18.2 Å². The van der Waals surface area contributed by atoms with E-state index >= 15 is 0 Å². The molecule has 8 heteroatoms. The third-order valence-corrected chi connectivity index (χ3v) is 2.34. The SMILES string of the molecule is O=C(O)CC/C(=N/NC(=S)Nc1ccccc1)C(=O)O. The maximum absolute atomic E-state index is 10.9. The number of thiocarbonyl (C=S) groups is 1. The number of nitrogens with zero attached hydrogens (tertiary/aromatic N) is 1. The topological polar surface area (TPSA) is 111 Å². The molecule has 1 aromatic carbocycles. The summed E-state index contributed by atoms with van der Waals surface area (Å²) in [5, 5.41) is 23.9. The van der Waals surface area contributed by atoms with Crippen LogP contribution in [0.5, 0.6) is 0 Å². The van der Waals surface area contributed by atoms with Crippen molar-refractivity contribution in [1.29, 1.82) is 0 Å². The highest BCUT2D eigenvalue weighted by Crippen LogP contribution is 2.04. The van der Waals surface area contributed by atoms with Gasteiger partial charge in [0.05, 0.1) is 6.42 Å². The van der Waals surface area contributed by atoms with Crippen molar-refractivity contribution in [2.75, 3.05) is 5.32 Å². The van der Waals surface area contributed by atoms with Crippen molar-refractivity contribution in [1.82, 2.24) is 5.43 Å². The Hall–Kier alpha value is -2.48. The Balaban J connectivity index is 2.56. The number of para-hydroxylation sites is 1. The van der Waals surface area contributed by atoms with Gasteiger partial charge in [0, 0.05) is 12.1 Å². The molecule has 0 saturated carbocycles. The molecule has 0 unspecified atom stereocenters. The minimum Gasteiger partial charge on any atom is -0.481 e. The second-order valence-electron chi connectivity index (χ2n) is 3.69. The van der Waals surface area contributed by atoms with Gasteiger partial charge in [0.15, 0.2) is 5.11 Å². The van der Waals surface area contributed by atoms with E-state index in [0.717, 1.165) is 5.69 Å². The first-order valence-corrected chi connectivity index (χ1v) is 6.03. The zero-order valence-corrected chi connectivity index (χ0v) is 11.2. The van der Waals surface area contributed by atoms with Crippen molar-refractivity contribution < 1.29 is 19.8 Å². The quantitative estimate of drug-likeness (QED) is 0.355. The molecule has 106 valence electrons. The van der Waals surface area contributed by atoms with E-state index in [1.165, 1.54) is 0 Å². The molecule has 7 nitrogen and oxygen atoms in total. The van der Waals surface area contributed by atoms with Gasteiger partial charge in [-0.3, -0.25) is 10.2 Å². The van der Waals surface area contributed by atoms with Crippen molar-refractivity contribution in [3.8, 4) is 0 Å². The van der Waals surface area contributed by atoms with Gasteiger partial charge < -0.3 is 15.5 Å². The molecule has 0 saturated heterocycles. The van der Waals surface area contributed by atoms with Gasteiger partial charge in [-0.15, -0.1) is 0 Å². The van der Waals surface area contributed by atoms with E-state index in [1.807, 2.05) is 18.2 Å². The maximum atomic E-state index is 10.9. The van der Waals surface area contributed by atoms with Gasteiger partial charge in [0.25, 0.3) is 0 Å². The molecule has 1 rings (SSSR count). The molecule has 0 bridgehead atoms. The van der Waals surface area contributed by atoms with E-state index in [4.69, 9.17) is 22.4 Å². The summed E-state index contributed by atoms with van der Waals surface area (Å²) in [5.74, 6) is -2.38. The molecule has 4 N–H and O–H groups in total. The van der Waals surface area contributed by atoms with E-state index in [-0.39, 0.29) is 23.7 Å². The summed E-state index contributed by atoms with van der Waals surface area (Å²) in [6, 6.07) is 9.02. The molecule has 0 spiro atoms. The van der Waals surface area contributed by atoms with Crippen molar-refractivity contribution in [2.24, 2.45) is 5.10 Å². The highest BCUT2D eigenvalue weighted by atomic mass is 32.1. The fourth-order valence-electron chi connectivity index (χ4n) is 1.23. The fraction of sp³-hybridized carbons (Fsp3) is 0.167. The summed E-state index contributed by atoms with van der Waals surface area (Å²) >= 11 is 4.94. The predicted molar refractivity (Wildman–Crippen MR) is 77.7 cm³/mol. The van der Waals surface area contributed by atoms with Crippen LogP contribution in [0.1, 0.15) is 12.8 Å². The van der Waals surface area contributed by atoms with Gasteiger partial charge in [0.2, 0.25) is 0 Å². The van der Waals surface area contributed by atoms with Gasteiger partial charge in [-0.05, 0) is 24.4 Å². The molecule has 0 aromatic heterocycles. The number of aliphatic carboxylic acids is 2. The number of nitrogens with one attached hydrogen (secondary N) is 2. The van der Waals surface area contributed by atoms with Crippen LogP contribution in [0.25, 0.3) is 0 Å². The number of carbonyl (C=O) groups is 2. The van der Waals surface area contributed by atoms with E-state index < -0.39 is 11.9 Å². The third kappa shape index (κ3) is 5.91. The Kier molecular flexibility index (Phi) is 6.11. The molecule has 0 aliphatic rings. The van der Waals surface area contributed by atoms with Crippen LogP contribution in [0.2, 0.25) is 0 Å². The largest absolute Gasteiger partial charge is 0.481 e. The summed E-state index contributed by atoms with van der Waals surface area (Å²) in [6.07, 6.45) is -0.503. The molecule has 1 aromatic rings. The van der Waals surface area contributed by atoms with Crippen LogP contribution in [0.4, 0.5) is 5.69 Å². The standard InChI is InChI=1S/C12H13N3O4S/c16-10(17)7-6-9(11(18)19)14-15-12(20)13-8-4-2-1-3-5-8/h1-5H,6-7H2,(H,16,17)(H,18,19)(H2,13,15,20)/b14-9-. The average Bonchev–Trinajstić information content (AvgIpc) is 2.39. The van der Waals surface area contributed by atoms with Crippen LogP contribution in [0.15, 0.2) is 35.4 Å². The van der Waals surface area contributed by atoms with Crippen molar-refractivity contribution in [3.05, 3.63) is 30.3 Å². The predicted octanol–water partition coefficient (Wildman–Crippen LogP) is 1.28. The zero-order valence-electron chi connectivity index (χ0n) is 10.4. The summed E-state index contributed by atoms with van der Waals surface area (Å²) < 4.78 is 0. The van der Waals surface area contributed by atoms with Gasteiger partial charge in [0.1, 0.15) is 5.71 Å². The molecular formula is C12H13N3O4S. The van der Waals surface area contributed by atoms with Gasteiger partial charge in [-0.25, -0.2) is 4.79 Å². The van der Waals surface area contributed by atoms with E-state index in [2.05, 4.69) is 15.8 Å². The molecule has 0 aliphatic carbocycles. The van der Waals surface area contributed by atoms with Crippen molar-refractivity contribution in [3.63, 3.8) is 0 Å². The Morgan fingerprint density at radius 3 is 2.35 bits per heavy atom. The average molecular weight is 295 g/mol. The zero-order chi connectivity index (χ0) is 15.0. The number of hydrazone groups is 1. The Morgan fingerprint density at radius 2 is 1.80 bits per heavy atom. The Labute approximate surface area is 120 Å². The molecule has 0 heterocycles. The Morgan fingerprint density at radius 1 is 1.15 bits per heavy atom. The molecular weight excluding hydrogens is 282 g/mol. The summed E-state index contributed by atoms with van der Waals surface area (Å²) in [5.41, 5.74) is 2.79. The van der Waals surface area contributed by atoms with E-state index in [9.17, 15) is 9.59 Å². The fourth-order valence-corrected chi connectivity index (χ4v) is 1.40. The minimum absolute atomic E-state index is 0.116. The lowest BCUT2D eigenvalue weighted by Gasteiger charge is -2.07. The van der Waals surface area contributed by atoms with Gasteiger partial charge >= 0.3 is 11.9 Å². The number of carboxylic acid groups (broad SMARTS) is 2. The second-order valence-corrected chi connectivity index (χ2v) is 4.10. The highest BCUT2D eigenvalue weighted by Gasteiger charge is 2.12. The highest BCUT2D eigenvalue weighted by molar-refractivity contribution is 7.80. The molecule has 0 amide bonds. The van der Waals surface area contributed by atoms with Crippen LogP contribution in [-0.4, -0.2) is 33.0 Å². The van der Waals surface area contributed by atoms with Crippen molar-refractivity contribution >= 4 is 40.7 Å². The maximum Gasteiger partial charge on any atom is 0.352 e. The van der Waals surface area contributed by atoms with Crippen LogP contribution in [0, 0.1) is 0 Å². The normalized spacial score (nSPS) is 10.7. The lowest BCUT2D eigenvalue weighted by atomic mass is 10.2. The smallest absolute Gasteiger partial charge is 0.352 e. The van der Waals surface area contributed by atoms with E-state index in [1.54, 1.807) is 12.1 Å². The summed E-state index contributed by atoms with van der Waals surface area (Å²) in [4.78, 5) is 21.3. The number of anilines is 1. The first kappa shape index (κ1) is 15.6. The first-order chi connectivity index (χ1) is 9.49. The van der Waals surface area contributed by atoms with E-state index in [0.29, 0.717) is 0 Å². The van der Waals surface area contributed by atoms with Crippen LogP contribution in [-0.2, 0) is 9.59 Å². The molecule has 0 atom stereocenters. The third-order valence-electron chi connectivity index (χ3n) is 2.15. The lowest BCUT2D eigenvalue weighted by Crippen LogP contribution is -2.27. The number of carboxylic acids is 2. The number of rotatable bonds is 6. The molecule has 0 aliphatic heterocycles. The first-order valence-electron chi connectivity index (χ1n) is 5.62. The molecule has 0 fully saturated rings. The minimum atomic E-state index is -1.29. The monoisotopic (exact) mass is 295 g/mol.